The molecule has 0 aliphatic rings. The second-order valence-corrected chi connectivity index (χ2v) is 7.24. The van der Waals surface area contributed by atoms with Gasteiger partial charge in [-0.1, -0.05) is 29.5 Å². The van der Waals surface area contributed by atoms with E-state index in [1.165, 1.54) is 18.0 Å². The number of nitrogens with one attached hydrogen (secondary N) is 1. The van der Waals surface area contributed by atoms with Gasteiger partial charge in [-0.25, -0.2) is 4.68 Å². The highest BCUT2D eigenvalue weighted by Gasteiger charge is 2.36. The first-order chi connectivity index (χ1) is 14.8. The molecule has 0 unspecified atom stereocenters. The van der Waals surface area contributed by atoms with Crippen LogP contribution in [0.25, 0.3) is 16.9 Å². The van der Waals surface area contributed by atoms with Crippen LogP contribution in [0, 0.1) is 0 Å². The van der Waals surface area contributed by atoms with Gasteiger partial charge in [0.15, 0.2) is 0 Å². The summed E-state index contributed by atoms with van der Waals surface area (Å²) >= 11 is 0.250. The number of benzene rings is 2. The maximum absolute atomic E-state index is 12.9. The van der Waals surface area contributed by atoms with Crippen molar-refractivity contribution in [2.45, 2.75) is 6.18 Å². The van der Waals surface area contributed by atoms with Crippen LogP contribution in [-0.4, -0.2) is 33.0 Å². The van der Waals surface area contributed by atoms with Crippen molar-refractivity contribution in [3.8, 4) is 22.7 Å². The third-order valence-electron chi connectivity index (χ3n) is 4.23. The molecule has 1 amide bonds. The second kappa shape index (κ2) is 8.19. The molecule has 0 bridgehead atoms. The van der Waals surface area contributed by atoms with E-state index in [1.807, 2.05) is 30.3 Å². The van der Waals surface area contributed by atoms with Gasteiger partial charge >= 0.3 is 6.18 Å². The minimum Gasteiger partial charge on any atom is -0.497 e. The summed E-state index contributed by atoms with van der Waals surface area (Å²) < 4.78 is 45.0. The predicted molar refractivity (Wildman–Crippen MR) is 108 cm³/mol. The molecule has 31 heavy (non-hydrogen) atoms. The van der Waals surface area contributed by atoms with Crippen LogP contribution in [0.5, 0.6) is 5.75 Å². The summed E-state index contributed by atoms with van der Waals surface area (Å²) in [4.78, 5) is 12.9. The van der Waals surface area contributed by atoms with E-state index in [0.717, 1.165) is 0 Å². The molecule has 0 atom stereocenters. The molecule has 158 valence electrons. The molecule has 2 aromatic carbocycles. The zero-order valence-corrected chi connectivity index (χ0v) is 16.7. The molecular weight excluding hydrogens is 431 g/mol. The van der Waals surface area contributed by atoms with Crippen molar-refractivity contribution in [2.24, 2.45) is 0 Å². The lowest BCUT2D eigenvalue weighted by Crippen LogP contribution is -2.12. The summed E-state index contributed by atoms with van der Waals surface area (Å²) in [5, 5.41) is 12.0. The van der Waals surface area contributed by atoms with E-state index in [2.05, 4.69) is 20.6 Å². The zero-order valence-electron chi connectivity index (χ0n) is 15.9. The maximum Gasteiger partial charge on any atom is 0.445 e. The summed E-state index contributed by atoms with van der Waals surface area (Å²) in [7, 11) is 1.54. The van der Waals surface area contributed by atoms with Crippen LogP contribution in [-0.2, 0) is 6.18 Å². The molecule has 0 spiro atoms. The summed E-state index contributed by atoms with van der Waals surface area (Å²) in [6.07, 6.45) is -3.12. The van der Waals surface area contributed by atoms with Gasteiger partial charge < -0.3 is 4.74 Å². The molecule has 2 aromatic heterocycles. The van der Waals surface area contributed by atoms with E-state index in [0.29, 0.717) is 22.7 Å². The predicted octanol–water partition coefficient (Wildman–Crippen LogP) is 4.67. The number of para-hydroxylation sites is 1. The minimum absolute atomic E-state index is 0.165. The van der Waals surface area contributed by atoms with Gasteiger partial charge in [-0.3, -0.25) is 10.1 Å². The topological polar surface area (TPSA) is 81.9 Å². The van der Waals surface area contributed by atoms with Gasteiger partial charge in [-0.15, -0.1) is 10.2 Å². The molecule has 2 heterocycles. The van der Waals surface area contributed by atoms with Crippen molar-refractivity contribution in [1.29, 1.82) is 0 Å². The number of rotatable bonds is 5. The quantitative estimate of drug-likeness (QED) is 0.483. The van der Waals surface area contributed by atoms with E-state index in [-0.39, 0.29) is 22.0 Å². The molecule has 0 fully saturated rings. The number of anilines is 1. The van der Waals surface area contributed by atoms with Crippen molar-refractivity contribution in [2.75, 3.05) is 12.4 Å². The van der Waals surface area contributed by atoms with E-state index >= 15 is 0 Å². The SMILES string of the molecule is COc1ccc(-c2nn(-c3ccccc3)cc2C(=O)Nc2nnc(C(F)(F)F)s2)cc1. The summed E-state index contributed by atoms with van der Waals surface area (Å²) in [6, 6.07) is 16.0. The number of carbonyl (C=O) groups is 1. The lowest BCUT2D eigenvalue weighted by molar-refractivity contribution is -0.138. The Morgan fingerprint density at radius 2 is 1.77 bits per heavy atom. The van der Waals surface area contributed by atoms with Crippen LogP contribution in [0.2, 0.25) is 0 Å². The Labute approximate surface area is 178 Å². The molecular formula is C20H14F3N5O2S. The highest BCUT2D eigenvalue weighted by Crippen LogP contribution is 2.33. The van der Waals surface area contributed by atoms with Gasteiger partial charge in [0.05, 0.1) is 18.4 Å². The Morgan fingerprint density at radius 3 is 2.39 bits per heavy atom. The third kappa shape index (κ3) is 4.40. The van der Waals surface area contributed by atoms with Gasteiger partial charge in [0.2, 0.25) is 10.1 Å². The molecule has 0 saturated heterocycles. The average molecular weight is 445 g/mol. The molecule has 0 saturated carbocycles. The number of carbonyl (C=O) groups excluding carboxylic acids is 1. The Morgan fingerprint density at radius 1 is 1.06 bits per heavy atom. The fourth-order valence-corrected chi connectivity index (χ4v) is 3.37. The smallest absolute Gasteiger partial charge is 0.445 e. The van der Waals surface area contributed by atoms with Crippen LogP contribution in [0.1, 0.15) is 15.4 Å². The summed E-state index contributed by atoms with van der Waals surface area (Å²) in [5.41, 5.74) is 1.86. The van der Waals surface area contributed by atoms with Crippen LogP contribution in [0.15, 0.2) is 60.8 Å². The van der Waals surface area contributed by atoms with Crippen LogP contribution >= 0.6 is 11.3 Å². The highest BCUT2D eigenvalue weighted by molar-refractivity contribution is 7.15. The second-order valence-electron chi connectivity index (χ2n) is 6.26. The highest BCUT2D eigenvalue weighted by atomic mass is 32.1. The fourth-order valence-electron chi connectivity index (χ4n) is 2.77. The molecule has 0 aliphatic carbocycles. The number of hydrogen-bond donors (Lipinski definition) is 1. The fraction of sp³-hybridized carbons (Fsp3) is 0.100. The number of amides is 1. The monoisotopic (exact) mass is 445 g/mol. The number of halogens is 3. The summed E-state index contributed by atoms with van der Waals surface area (Å²) in [5.74, 6) is -0.0244. The number of alkyl halides is 3. The average Bonchev–Trinajstić information content (AvgIpc) is 3.42. The normalized spacial score (nSPS) is 11.4. The minimum atomic E-state index is -4.63. The Hall–Kier alpha value is -3.73. The summed E-state index contributed by atoms with van der Waals surface area (Å²) in [6.45, 7) is 0. The maximum atomic E-state index is 12.9. The molecule has 0 aliphatic heterocycles. The molecule has 1 N–H and O–H groups in total. The van der Waals surface area contributed by atoms with Crippen molar-refractivity contribution >= 4 is 22.4 Å². The van der Waals surface area contributed by atoms with Crippen molar-refractivity contribution in [3.63, 3.8) is 0 Å². The van der Waals surface area contributed by atoms with E-state index < -0.39 is 17.1 Å². The van der Waals surface area contributed by atoms with Gasteiger partial charge in [-0.05, 0) is 36.4 Å². The van der Waals surface area contributed by atoms with Crippen LogP contribution in [0.4, 0.5) is 18.3 Å². The number of aromatic nitrogens is 4. The van der Waals surface area contributed by atoms with Crippen LogP contribution in [0.3, 0.4) is 0 Å². The van der Waals surface area contributed by atoms with Crippen LogP contribution < -0.4 is 10.1 Å². The van der Waals surface area contributed by atoms with Crippen molar-refractivity contribution in [1.82, 2.24) is 20.0 Å². The standard InChI is InChI=1S/C20H14F3N5O2S/c1-30-14-9-7-12(8-10-14)16-15(11-28(27-16)13-5-3-2-4-6-13)17(29)24-19-26-25-18(31-19)20(21,22)23/h2-11H,1H3,(H,24,26,29). The van der Waals surface area contributed by atoms with Gasteiger partial charge in [0, 0.05) is 11.8 Å². The first-order valence-corrected chi connectivity index (χ1v) is 9.68. The zero-order chi connectivity index (χ0) is 22.0. The molecule has 0 radical (unpaired) electrons. The van der Waals surface area contributed by atoms with E-state index in [9.17, 15) is 18.0 Å². The Kier molecular flexibility index (Phi) is 5.42. The lowest BCUT2D eigenvalue weighted by atomic mass is 10.1. The molecule has 11 heteroatoms. The largest absolute Gasteiger partial charge is 0.497 e. The molecule has 4 rings (SSSR count). The third-order valence-corrected chi connectivity index (χ3v) is 5.11. The van der Waals surface area contributed by atoms with E-state index in [4.69, 9.17) is 4.74 Å². The number of nitrogens with zero attached hydrogens (tertiary/aromatic N) is 4. The first kappa shape index (κ1) is 20.5. The first-order valence-electron chi connectivity index (χ1n) is 8.87. The number of ether oxygens (including phenoxy) is 1. The number of methoxy groups -OCH3 is 1. The van der Waals surface area contributed by atoms with Gasteiger partial charge in [0.1, 0.15) is 11.4 Å². The van der Waals surface area contributed by atoms with Gasteiger partial charge in [0.25, 0.3) is 5.91 Å². The number of hydrogen-bond acceptors (Lipinski definition) is 6. The van der Waals surface area contributed by atoms with E-state index in [1.54, 1.807) is 24.3 Å². The lowest BCUT2D eigenvalue weighted by Gasteiger charge is -2.04. The van der Waals surface area contributed by atoms with Crippen molar-refractivity contribution in [3.05, 3.63) is 71.4 Å². The van der Waals surface area contributed by atoms with Crippen molar-refractivity contribution < 1.29 is 22.7 Å². The molecule has 4 aromatic rings. The van der Waals surface area contributed by atoms with Gasteiger partial charge in [-0.2, -0.15) is 18.3 Å². The Balaban J connectivity index is 1.71. The Bertz CT molecular complexity index is 1200. The molecule has 7 nitrogen and oxygen atoms in total.